The van der Waals surface area contributed by atoms with Crippen LogP contribution in [0, 0.1) is 0 Å². The van der Waals surface area contributed by atoms with Gasteiger partial charge in [-0.3, -0.25) is 4.57 Å². The standard InChI is InChI=1S/C26H20BrClN4OS2/c27-20-8-4-7-19(13-20)25-29-22(16-34-25)17-35-26-31-30-24(15-33-23-11-9-21(28)10-12-23)32(26)14-18-5-2-1-3-6-18/h1-13,16H,14-15,17H2. The summed E-state index contributed by atoms with van der Waals surface area (Å²) in [5.74, 6) is 2.20. The molecule has 0 N–H and O–H groups in total. The van der Waals surface area contributed by atoms with E-state index in [1.54, 1.807) is 23.1 Å². The quantitative estimate of drug-likeness (QED) is 0.166. The highest BCUT2D eigenvalue weighted by Crippen LogP contribution is 2.29. The highest BCUT2D eigenvalue weighted by molar-refractivity contribution is 9.10. The topological polar surface area (TPSA) is 52.8 Å². The SMILES string of the molecule is Clc1ccc(OCc2nnc(SCc3csc(-c4cccc(Br)c4)n3)n2Cc2ccccc2)cc1. The van der Waals surface area contributed by atoms with Gasteiger partial charge in [-0.15, -0.1) is 21.5 Å². The van der Waals surface area contributed by atoms with E-state index in [9.17, 15) is 0 Å². The van der Waals surface area contributed by atoms with E-state index in [-0.39, 0.29) is 0 Å². The summed E-state index contributed by atoms with van der Waals surface area (Å²) in [6.07, 6.45) is 0. The fourth-order valence-electron chi connectivity index (χ4n) is 3.40. The Morgan fingerprint density at radius 3 is 2.60 bits per heavy atom. The number of ether oxygens (including phenoxy) is 1. The number of thioether (sulfide) groups is 1. The molecule has 0 bridgehead atoms. The maximum absolute atomic E-state index is 5.98. The predicted molar refractivity (Wildman–Crippen MR) is 146 cm³/mol. The van der Waals surface area contributed by atoms with Crippen LogP contribution in [0.2, 0.25) is 5.02 Å². The van der Waals surface area contributed by atoms with Crippen LogP contribution in [0.3, 0.4) is 0 Å². The third kappa shape index (κ3) is 6.32. The van der Waals surface area contributed by atoms with Crippen molar-refractivity contribution in [1.82, 2.24) is 19.7 Å². The van der Waals surface area contributed by atoms with Crippen LogP contribution in [0.4, 0.5) is 0 Å². The zero-order valence-corrected chi connectivity index (χ0v) is 22.4. The minimum Gasteiger partial charge on any atom is -0.486 e. The smallest absolute Gasteiger partial charge is 0.192 e. The van der Waals surface area contributed by atoms with E-state index in [1.165, 1.54) is 5.56 Å². The first kappa shape index (κ1) is 24.1. The lowest BCUT2D eigenvalue weighted by Crippen LogP contribution is -2.09. The lowest BCUT2D eigenvalue weighted by Gasteiger charge is -2.11. The van der Waals surface area contributed by atoms with Crippen molar-refractivity contribution >= 4 is 50.6 Å². The average molecular weight is 584 g/mol. The van der Waals surface area contributed by atoms with Gasteiger partial charge in [0, 0.05) is 26.2 Å². The number of hydrogen-bond acceptors (Lipinski definition) is 6. The van der Waals surface area contributed by atoms with Crippen LogP contribution in [-0.2, 0) is 18.9 Å². The first-order chi connectivity index (χ1) is 17.1. The van der Waals surface area contributed by atoms with Gasteiger partial charge in [0.15, 0.2) is 11.0 Å². The van der Waals surface area contributed by atoms with Gasteiger partial charge in [0.1, 0.15) is 17.4 Å². The molecule has 0 saturated heterocycles. The van der Waals surface area contributed by atoms with Crippen molar-refractivity contribution in [2.75, 3.05) is 0 Å². The van der Waals surface area contributed by atoms with Crippen LogP contribution in [0.5, 0.6) is 5.75 Å². The van der Waals surface area contributed by atoms with E-state index in [1.807, 2.05) is 54.6 Å². The molecule has 35 heavy (non-hydrogen) atoms. The van der Waals surface area contributed by atoms with Crippen LogP contribution in [-0.4, -0.2) is 19.7 Å². The predicted octanol–water partition coefficient (Wildman–Crippen LogP) is 7.74. The van der Waals surface area contributed by atoms with Crippen molar-refractivity contribution < 1.29 is 4.74 Å². The molecule has 0 atom stereocenters. The van der Waals surface area contributed by atoms with Gasteiger partial charge in [-0.05, 0) is 42.0 Å². The number of hydrogen-bond donors (Lipinski definition) is 0. The van der Waals surface area contributed by atoms with E-state index >= 15 is 0 Å². The highest BCUT2D eigenvalue weighted by atomic mass is 79.9. The zero-order valence-electron chi connectivity index (χ0n) is 18.5. The normalized spacial score (nSPS) is 11.0. The Balaban J connectivity index is 1.32. The molecule has 0 saturated carbocycles. The minimum atomic E-state index is 0.311. The highest BCUT2D eigenvalue weighted by Gasteiger charge is 2.15. The van der Waals surface area contributed by atoms with Gasteiger partial charge >= 0.3 is 0 Å². The van der Waals surface area contributed by atoms with Gasteiger partial charge in [-0.25, -0.2) is 4.98 Å². The fourth-order valence-corrected chi connectivity index (χ4v) is 5.70. The number of benzene rings is 3. The molecule has 0 amide bonds. The molecule has 3 aromatic carbocycles. The molecule has 0 aliphatic rings. The van der Waals surface area contributed by atoms with Gasteiger partial charge in [0.25, 0.3) is 0 Å². The molecule has 0 aliphatic heterocycles. The fraction of sp³-hybridized carbons (Fsp3) is 0.115. The Morgan fingerprint density at radius 1 is 0.971 bits per heavy atom. The molecule has 2 heterocycles. The lowest BCUT2D eigenvalue weighted by atomic mass is 10.2. The van der Waals surface area contributed by atoms with E-state index in [0.717, 1.165) is 37.5 Å². The van der Waals surface area contributed by atoms with Crippen molar-refractivity contribution in [3.05, 3.63) is 111 Å². The number of aromatic nitrogens is 4. The molecule has 176 valence electrons. The summed E-state index contributed by atoms with van der Waals surface area (Å²) in [5, 5.41) is 13.5. The van der Waals surface area contributed by atoms with Crippen LogP contribution in [0.25, 0.3) is 10.6 Å². The zero-order chi connectivity index (χ0) is 24.0. The summed E-state index contributed by atoms with van der Waals surface area (Å²) in [6, 6.07) is 25.8. The molecule has 5 rings (SSSR count). The summed E-state index contributed by atoms with van der Waals surface area (Å²) >= 11 is 12.8. The Labute approximate surface area is 225 Å². The minimum absolute atomic E-state index is 0.311. The molecule has 0 aliphatic carbocycles. The van der Waals surface area contributed by atoms with Crippen molar-refractivity contribution in [2.45, 2.75) is 24.1 Å². The Bertz CT molecular complexity index is 1410. The summed E-state index contributed by atoms with van der Waals surface area (Å²) in [4.78, 5) is 4.82. The molecule has 0 unspecified atom stereocenters. The molecular weight excluding hydrogens is 564 g/mol. The molecule has 9 heteroatoms. The van der Waals surface area contributed by atoms with Gasteiger partial charge in [0.2, 0.25) is 0 Å². The van der Waals surface area contributed by atoms with Crippen molar-refractivity contribution in [2.24, 2.45) is 0 Å². The molecule has 0 fully saturated rings. The first-order valence-electron chi connectivity index (χ1n) is 10.8. The Kier molecular flexibility index (Phi) is 7.83. The second-order valence-electron chi connectivity index (χ2n) is 7.66. The van der Waals surface area contributed by atoms with Gasteiger partial charge in [-0.1, -0.05) is 81.8 Å². The van der Waals surface area contributed by atoms with Gasteiger partial charge in [-0.2, -0.15) is 0 Å². The van der Waals surface area contributed by atoms with Crippen LogP contribution < -0.4 is 4.74 Å². The van der Waals surface area contributed by atoms with E-state index < -0.39 is 0 Å². The van der Waals surface area contributed by atoms with Crippen molar-refractivity contribution in [1.29, 1.82) is 0 Å². The second-order valence-corrected chi connectivity index (χ2v) is 10.8. The van der Waals surface area contributed by atoms with Gasteiger partial charge in [0.05, 0.1) is 12.2 Å². The summed E-state index contributed by atoms with van der Waals surface area (Å²) in [5.41, 5.74) is 3.30. The van der Waals surface area contributed by atoms with Crippen LogP contribution in [0.15, 0.2) is 93.9 Å². The lowest BCUT2D eigenvalue weighted by molar-refractivity contribution is 0.289. The largest absolute Gasteiger partial charge is 0.486 e. The Morgan fingerprint density at radius 2 is 1.80 bits per heavy atom. The maximum Gasteiger partial charge on any atom is 0.192 e. The summed E-state index contributed by atoms with van der Waals surface area (Å²) < 4.78 is 9.11. The van der Waals surface area contributed by atoms with Crippen LogP contribution >= 0.6 is 50.6 Å². The number of rotatable bonds is 9. The molecular formula is C26H20BrClN4OS2. The number of halogens is 2. The number of nitrogens with zero attached hydrogens (tertiary/aromatic N) is 4. The molecule has 0 spiro atoms. The maximum atomic E-state index is 5.98. The third-order valence-electron chi connectivity index (χ3n) is 5.13. The molecule has 5 nitrogen and oxygen atoms in total. The molecule has 2 aromatic heterocycles. The van der Waals surface area contributed by atoms with Crippen LogP contribution in [0.1, 0.15) is 17.1 Å². The Hall–Kier alpha value is -2.65. The first-order valence-corrected chi connectivity index (χ1v) is 13.9. The van der Waals surface area contributed by atoms with E-state index in [4.69, 9.17) is 21.3 Å². The molecule has 0 radical (unpaired) electrons. The molecule has 5 aromatic rings. The van der Waals surface area contributed by atoms with Crippen molar-refractivity contribution in [3.63, 3.8) is 0 Å². The van der Waals surface area contributed by atoms with E-state index in [2.05, 4.69) is 60.3 Å². The summed E-state index contributed by atoms with van der Waals surface area (Å²) in [7, 11) is 0. The second kappa shape index (κ2) is 11.4. The average Bonchev–Trinajstić information content (AvgIpc) is 3.50. The summed E-state index contributed by atoms with van der Waals surface area (Å²) in [6.45, 7) is 0.974. The van der Waals surface area contributed by atoms with Gasteiger partial charge < -0.3 is 4.74 Å². The third-order valence-corrected chi connectivity index (χ3v) is 7.82. The number of thiazole rings is 1. The van der Waals surface area contributed by atoms with E-state index in [0.29, 0.717) is 23.9 Å². The van der Waals surface area contributed by atoms with Crippen molar-refractivity contribution in [3.8, 4) is 16.3 Å². The monoisotopic (exact) mass is 582 g/mol.